The molecule has 17 heavy (non-hydrogen) atoms. The van der Waals surface area contributed by atoms with Crippen molar-refractivity contribution in [3.05, 3.63) is 0 Å². The molecule has 2 aliphatic rings. The molecule has 1 heterocycles. The van der Waals surface area contributed by atoms with Crippen molar-refractivity contribution in [3.8, 4) is 0 Å². The maximum absolute atomic E-state index is 12.2. The van der Waals surface area contributed by atoms with Gasteiger partial charge in [0.25, 0.3) is 0 Å². The van der Waals surface area contributed by atoms with E-state index in [1.165, 1.54) is 32.1 Å². The second-order valence-corrected chi connectivity index (χ2v) is 6.00. The summed E-state index contributed by atoms with van der Waals surface area (Å²) in [5.74, 6) is 2.56. The van der Waals surface area contributed by atoms with Crippen molar-refractivity contribution in [2.24, 2.45) is 17.8 Å². The highest BCUT2D eigenvalue weighted by molar-refractivity contribution is 5.81. The SMILES string of the molecule is CCC1CCCC(C(=O)CCC2CCNC2)C1. The van der Waals surface area contributed by atoms with Crippen molar-refractivity contribution in [2.75, 3.05) is 13.1 Å². The van der Waals surface area contributed by atoms with E-state index in [0.717, 1.165) is 44.2 Å². The fourth-order valence-electron chi connectivity index (χ4n) is 3.47. The molecule has 3 atom stereocenters. The smallest absolute Gasteiger partial charge is 0.135 e. The number of hydrogen-bond acceptors (Lipinski definition) is 2. The lowest BCUT2D eigenvalue weighted by atomic mass is 9.77. The minimum Gasteiger partial charge on any atom is -0.316 e. The summed E-state index contributed by atoms with van der Waals surface area (Å²) in [7, 11) is 0. The Morgan fingerprint density at radius 1 is 1.24 bits per heavy atom. The van der Waals surface area contributed by atoms with Gasteiger partial charge >= 0.3 is 0 Å². The molecule has 2 fully saturated rings. The average molecular weight is 237 g/mol. The third-order valence-corrected chi connectivity index (χ3v) is 4.78. The number of rotatable bonds is 5. The zero-order valence-electron chi connectivity index (χ0n) is 11.2. The first-order valence-electron chi connectivity index (χ1n) is 7.53. The predicted octanol–water partition coefficient (Wildman–Crippen LogP) is 3.16. The van der Waals surface area contributed by atoms with E-state index in [-0.39, 0.29) is 0 Å². The highest BCUT2D eigenvalue weighted by Gasteiger charge is 2.26. The van der Waals surface area contributed by atoms with Crippen molar-refractivity contribution in [3.63, 3.8) is 0 Å². The van der Waals surface area contributed by atoms with Crippen LogP contribution in [0, 0.1) is 17.8 Å². The zero-order valence-corrected chi connectivity index (χ0v) is 11.2. The summed E-state index contributed by atoms with van der Waals surface area (Å²) < 4.78 is 0. The van der Waals surface area contributed by atoms with Crippen LogP contribution in [0.3, 0.4) is 0 Å². The van der Waals surface area contributed by atoms with Crippen LogP contribution in [0.2, 0.25) is 0 Å². The van der Waals surface area contributed by atoms with Crippen LogP contribution in [0.15, 0.2) is 0 Å². The van der Waals surface area contributed by atoms with E-state index in [4.69, 9.17) is 0 Å². The highest BCUT2D eigenvalue weighted by atomic mass is 16.1. The van der Waals surface area contributed by atoms with E-state index < -0.39 is 0 Å². The van der Waals surface area contributed by atoms with E-state index in [0.29, 0.717) is 11.7 Å². The topological polar surface area (TPSA) is 29.1 Å². The zero-order chi connectivity index (χ0) is 12.1. The number of carbonyl (C=O) groups excluding carboxylic acids is 1. The molecule has 2 nitrogen and oxygen atoms in total. The normalized spacial score (nSPS) is 33.8. The molecule has 0 bridgehead atoms. The summed E-state index contributed by atoms with van der Waals surface area (Å²) in [6.45, 7) is 4.55. The number of carbonyl (C=O) groups is 1. The molecule has 1 saturated carbocycles. The number of ketones is 1. The summed E-state index contributed by atoms with van der Waals surface area (Å²) in [6, 6.07) is 0. The number of nitrogens with one attached hydrogen (secondary N) is 1. The molecule has 0 radical (unpaired) electrons. The molecule has 3 unspecified atom stereocenters. The van der Waals surface area contributed by atoms with Crippen molar-refractivity contribution < 1.29 is 4.79 Å². The molecule has 0 aromatic carbocycles. The summed E-state index contributed by atoms with van der Waals surface area (Å²) in [6.07, 6.45) is 9.47. The van der Waals surface area contributed by atoms with Crippen LogP contribution in [0.4, 0.5) is 0 Å². The Morgan fingerprint density at radius 2 is 2.12 bits per heavy atom. The van der Waals surface area contributed by atoms with Gasteiger partial charge in [-0.15, -0.1) is 0 Å². The second-order valence-electron chi connectivity index (χ2n) is 6.00. The first kappa shape index (κ1) is 13.1. The quantitative estimate of drug-likeness (QED) is 0.796. The third kappa shape index (κ3) is 3.80. The number of hydrogen-bond donors (Lipinski definition) is 1. The van der Waals surface area contributed by atoms with Crippen LogP contribution in [0.1, 0.15) is 58.3 Å². The Morgan fingerprint density at radius 3 is 2.82 bits per heavy atom. The Hall–Kier alpha value is -0.370. The molecule has 1 saturated heterocycles. The van der Waals surface area contributed by atoms with Crippen LogP contribution in [-0.4, -0.2) is 18.9 Å². The van der Waals surface area contributed by atoms with Crippen LogP contribution >= 0.6 is 0 Å². The lowest BCUT2D eigenvalue weighted by Gasteiger charge is -2.27. The lowest BCUT2D eigenvalue weighted by molar-refractivity contribution is -0.124. The Labute approximate surface area is 106 Å². The van der Waals surface area contributed by atoms with Crippen molar-refractivity contribution in [1.82, 2.24) is 5.32 Å². The summed E-state index contributed by atoms with van der Waals surface area (Å²) in [5, 5.41) is 3.38. The molecule has 0 aromatic rings. The van der Waals surface area contributed by atoms with E-state index in [1.54, 1.807) is 0 Å². The molecule has 0 spiro atoms. The van der Waals surface area contributed by atoms with Gasteiger partial charge in [0.15, 0.2) is 0 Å². The van der Waals surface area contributed by atoms with Gasteiger partial charge in [0.05, 0.1) is 0 Å². The molecule has 1 aliphatic heterocycles. The molecule has 0 aromatic heterocycles. The van der Waals surface area contributed by atoms with Gasteiger partial charge in [0.2, 0.25) is 0 Å². The van der Waals surface area contributed by atoms with Gasteiger partial charge in [-0.2, -0.15) is 0 Å². The molecule has 1 N–H and O–H groups in total. The standard InChI is InChI=1S/C15H27NO/c1-2-12-4-3-5-14(10-12)15(17)7-6-13-8-9-16-11-13/h12-14,16H,2-11H2,1H3. The fourth-order valence-corrected chi connectivity index (χ4v) is 3.47. The molecule has 0 amide bonds. The van der Waals surface area contributed by atoms with Gasteiger partial charge in [-0.3, -0.25) is 4.79 Å². The first-order chi connectivity index (χ1) is 8.29. The molecular formula is C15H27NO. The maximum Gasteiger partial charge on any atom is 0.135 e. The van der Waals surface area contributed by atoms with Gasteiger partial charge in [-0.25, -0.2) is 0 Å². The molecule has 98 valence electrons. The predicted molar refractivity (Wildman–Crippen MR) is 71.0 cm³/mol. The van der Waals surface area contributed by atoms with Crippen molar-refractivity contribution in [1.29, 1.82) is 0 Å². The third-order valence-electron chi connectivity index (χ3n) is 4.78. The largest absolute Gasteiger partial charge is 0.316 e. The minimum absolute atomic E-state index is 0.406. The Bertz CT molecular complexity index is 245. The fraction of sp³-hybridized carbons (Fsp3) is 0.933. The maximum atomic E-state index is 12.2. The highest BCUT2D eigenvalue weighted by Crippen LogP contribution is 2.32. The Balaban J connectivity index is 1.71. The van der Waals surface area contributed by atoms with Crippen molar-refractivity contribution in [2.45, 2.75) is 58.3 Å². The van der Waals surface area contributed by atoms with Crippen LogP contribution in [0.25, 0.3) is 0 Å². The summed E-state index contributed by atoms with van der Waals surface area (Å²) in [4.78, 5) is 12.2. The van der Waals surface area contributed by atoms with E-state index in [1.807, 2.05) is 0 Å². The van der Waals surface area contributed by atoms with Gasteiger partial charge in [-0.1, -0.05) is 26.2 Å². The van der Waals surface area contributed by atoms with Crippen LogP contribution < -0.4 is 5.32 Å². The minimum atomic E-state index is 0.406. The monoisotopic (exact) mass is 237 g/mol. The number of Topliss-reactive ketones (excluding diaryl/α,β-unsaturated/α-hetero) is 1. The summed E-state index contributed by atoms with van der Waals surface area (Å²) in [5.41, 5.74) is 0. The Kier molecular flexibility index (Phi) is 5.02. The van der Waals surface area contributed by atoms with Gasteiger partial charge < -0.3 is 5.32 Å². The summed E-state index contributed by atoms with van der Waals surface area (Å²) >= 11 is 0. The van der Waals surface area contributed by atoms with Crippen LogP contribution in [0.5, 0.6) is 0 Å². The average Bonchev–Trinajstić information content (AvgIpc) is 2.89. The van der Waals surface area contributed by atoms with Gasteiger partial charge in [-0.05, 0) is 50.6 Å². The van der Waals surface area contributed by atoms with Gasteiger partial charge in [0, 0.05) is 12.3 Å². The van der Waals surface area contributed by atoms with Gasteiger partial charge in [0.1, 0.15) is 5.78 Å². The molecular weight excluding hydrogens is 210 g/mol. The van der Waals surface area contributed by atoms with E-state index in [9.17, 15) is 4.79 Å². The molecule has 2 heteroatoms. The van der Waals surface area contributed by atoms with Crippen LogP contribution in [-0.2, 0) is 4.79 Å². The molecule has 2 rings (SSSR count). The van der Waals surface area contributed by atoms with E-state index in [2.05, 4.69) is 12.2 Å². The lowest BCUT2D eigenvalue weighted by Crippen LogP contribution is -2.23. The first-order valence-corrected chi connectivity index (χ1v) is 7.53. The molecule has 1 aliphatic carbocycles. The second kappa shape index (κ2) is 6.53. The van der Waals surface area contributed by atoms with Crippen molar-refractivity contribution >= 4 is 5.78 Å². The van der Waals surface area contributed by atoms with E-state index >= 15 is 0 Å².